The molecule has 0 aliphatic carbocycles. The Morgan fingerprint density at radius 3 is 1.38 bits per heavy atom. The minimum atomic E-state index is -0.160. The zero-order valence-corrected chi connectivity index (χ0v) is 17.5. The van der Waals surface area contributed by atoms with E-state index < -0.39 is 0 Å². The molecule has 2 nitrogen and oxygen atoms in total. The Morgan fingerprint density at radius 1 is 0.714 bits per heavy atom. The number of rotatable bonds is 14. The van der Waals surface area contributed by atoms with Crippen molar-refractivity contribution in [2.75, 3.05) is 13.1 Å². The van der Waals surface area contributed by atoms with E-state index in [0.717, 1.165) is 25.9 Å². The van der Waals surface area contributed by atoms with E-state index >= 15 is 0 Å². The van der Waals surface area contributed by atoms with Crippen LogP contribution in [-0.4, -0.2) is 23.2 Å². The molecule has 0 unspecified atom stereocenters. The minimum absolute atomic E-state index is 0. The molecular formula is C17H34NNaOS. The summed E-state index contributed by atoms with van der Waals surface area (Å²) in [4.78, 5) is 13.3. The maximum atomic E-state index is 11.4. The van der Waals surface area contributed by atoms with Crippen molar-refractivity contribution in [2.24, 2.45) is 0 Å². The van der Waals surface area contributed by atoms with Crippen molar-refractivity contribution in [2.45, 2.75) is 90.9 Å². The monoisotopic (exact) mass is 323 g/mol. The first-order valence-electron chi connectivity index (χ1n) is 8.68. The molecule has 0 aromatic heterocycles. The van der Waals surface area contributed by atoms with Crippen LogP contribution in [0.5, 0.6) is 0 Å². The van der Waals surface area contributed by atoms with Crippen LogP contribution in [0.25, 0.3) is 0 Å². The van der Waals surface area contributed by atoms with Gasteiger partial charge in [0.25, 0.3) is 0 Å². The van der Waals surface area contributed by atoms with Crippen molar-refractivity contribution in [3.63, 3.8) is 0 Å². The van der Waals surface area contributed by atoms with Crippen LogP contribution in [0.4, 0.5) is 4.79 Å². The molecule has 0 aliphatic heterocycles. The topological polar surface area (TPSA) is 20.3 Å². The first-order valence-corrected chi connectivity index (χ1v) is 9.09. The van der Waals surface area contributed by atoms with Crippen LogP contribution in [0, 0.1) is 0 Å². The van der Waals surface area contributed by atoms with E-state index in [1.54, 1.807) is 0 Å². The second-order valence-corrected chi connectivity index (χ2v) is 6.14. The molecule has 0 bridgehead atoms. The maximum Gasteiger partial charge on any atom is 1.00 e. The number of carbonyl (C=O) groups is 1. The van der Waals surface area contributed by atoms with Crippen LogP contribution >= 0.6 is 0 Å². The number of unbranched alkanes of at least 4 members (excludes halogenated alkanes) is 10. The molecule has 0 heterocycles. The number of hydrogen-bond acceptors (Lipinski definition) is 2. The first kappa shape index (κ1) is 23.9. The van der Waals surface area contributed by atoms with Crippen LogP contribution in [0.15, 0.2) is 0 Å². The van der Waals surface area contributed by atoms with Gasteiger partial charge < -0.3 is 22.3 Å². The summed E-state index contributed by atoms with van der Waals surface area (Å²) in [5, 5.41) is -0.160. The molecule has 120 valence electrons. The van der Waals surface area contributed by atoms with Gasteiger partial charge in [-0.2, -0.15) is 0 Å². The van der Waals surface area contributed by atoms with Gasteiger partial charge >= 0.3 is 29.6 Å². The molecule has 21 heavy (non-hydrogen) atoms. The summed E-state index contributed by atoms with van der Waals surface area (Å²) >= 11 is 4.83. The fraction of sp³-hybridized carbons (Fsp3) is 0.941. The van der Waals surface area contributed by atoms with E-state index in [-0.39, 0.29) is 34.8 Å². The molecule has 0 saturated carbocycles. The molecule has 0 spiro atoms. The second-order valence-electron chi connectivity index (χ2n) is 5.79. The van der Waals surface area contributed by atoms with Gasteiger partial charge in [-0.15, -0.1) is 0 Å². The normalized spacial score (nSPS) is 10.2. The quantitative estimate of drug-likeness (QED) is 0.278. The zero-order chi connectivity index (χ0) is 15.1. The standard InChI is InChI=1S/C17H35NOS.Na/c1-3-5-7-9-11-13-15-18(17(19)20)16-14-12-10-8-6-4-2;/h3-16H2,1-2H3,(H,19,20);/q;+1/p-1. The molecule has 0 aromatic rings. The third-order valence-electron chi connectivity index (χ3n) is 3.82. The van der Waals surface area contributed by atoms with Gasteiger partial charge in [0.2, 0.25) is 0 Å². The summed E-state index contributed by atoms with van der Waals surface area (Å²) in [6.45, 7) is 6.20. The van der Waals surface area contributed by atoms with Crippen molar-refractivity contribution in [1.29, 1.82) is 0 Å². The Balaban J connectivity index is 0. The van der Waals surface area contributed by atoms with E-state index in [1.165, 1.54) is 64.2 Å². The minimum Gasteiger partial charge on any atom is -0.719 e. The Hall–Kier alpha value is 0.690. The number of carbonyl (C=O) groups excluding carboxylic acids is 1. The van der Waals surface area contributed by atoms with Crippen LogP contribution < -0.4 is 29.6 Å². The third-order valence-corrected chi connectivity index (χ3v) is 4.08. The Morgan fingerprint density at radius 2 is 1.05 bits per heavy atom. The number of amides is 1. The Labute approximate surface area is 160 Å². The van der Waals surface area contributed by atoms with Crippen LogP contribution in [-0.2, 0) is 12.6 Å². The van der Waals surface area contributed by atoms with Crippen LogP contribution in [0.3, 0.4) is 0 Å². The first-order chi connectivity index (χ1) is 9.72. The van der Waals surface area contributed by atoms with Gasteiger partial charge in [0, 0.05) is 13.1 Å². The van der Waals surface area contributed by atoms with E-state index in [0.29, 0.717) is 0 Å². The van der Waals surface area contributed by atoms with Crippen molar-refractivity contribution in [3.05, 3.63) is 0 Å². The van der Waals surface area contributed by atoms with Crippen molar-refractivity contribution < 1.29 is 34.4 Å². The number of hydrogen-bond donors (Lipinski definition) is 0. The van der Waals surface area contributed by atoms with Crippen LogP contribution in [0.1, 0.15) is 90.9 Å². The molecule has 0 radical (unpaired) electrons. The molecule has 0 atom stereocenters. The van der Waals surface area contributed by atoms with Crippen molar-refractivity contribution in [1.82, 2.24) is 4.90 Å². The molecular weight excluding hydrogens is 289 g/mol. The number of nitrogens with zero attached hydrogens (tertiary/aromatic N) is 1. The van der Waals surface area contributed by atoms with E-state index in [9.17, 15) is 4.79 Å². The molecule has 1 amide bonds. The SMILES string of the molecule is CCCCCCCCN(CCCCCCCC)C(=O)[S-].[Na+]. The summed E-state index contributed by atoms with van der Waals surface area (Å²) in [6, 6.07) is 0. The molecule has 0 N–H and O–H groups in total. The summed E-state index contributed by atoms with van der Waals surface area (Å²) in [5.41, 5.74) is 0. The summed E-state index contributed by atoms with van der Waals surface area (Å²) < 4.78 is 0. The molecule has 0 aromatic carbocycles. The second kappa shape index (κ2) is 18.7. The van der Waals surface area contributed by atoms with E-state index in [2.05, 4.69) is 13.8 Å². The third kappa shape index (κ3) is 16.9. The molecule has 0 saturated heterocycles. The van der Waals surface area contributed by atoms with Gasteiger partial charge in [-0.3, -0.25) is 0 Å². The predicted molar refractivity (Wildman–Crippen MR) is 91.1 cm³/mol. The van der Waals surface area contributed by atoms with Gasteiger partial charge in [-0.05, 0) is 12.8 Å². The fourth-order valence-corrected chi connectivity index (χ4v) is 2.64. The van der Waals surface area contributed by atoms with Gasteiger partial charge in [0.05, 0.1) is 0 Å². The maximum absolute atomic E-state index is 11.4. The van der Waals surface area contributed by atoms with Gasteiger partial charge in [0.1, 0.15) is 5.24 Å². The smallest absolute Gasteiger partial charge is 0.719 e. The van der Waals surface area contributed by atoms with Crippen molar-refractivity contribution >= 4 is 17.9 Å². The largest absolute Gasteiger partial charge is 1.00 e. The summed E-state index contributed by atoms with van der Waals surface area (Å²) in [5.74, 6) is 0. The van der Waals surface area contributed by atoms with E-state index in [1.807, 2.05) is 4.90 Å². The van der Waals surface area contributed by atoms with Crippen LogP contribution in [0.2, 0.25) is 0 Å². The summed E-state index contributed by atoms with van der Waals surface area (Å²) in [6.07, 6.45) is 15.2. The fourth-order valence-electron chi connectivity index (χ4n) is 2.46. The Kier molecular flexibility index (Phi) is 21.4. The van der Waals surface area contributed by atoms with Gasteiger partial charge in [0.15, 0.2) is 0 Å². The van der Waals surface area contributed by atoms with E-state index in [4.69, 9.17) is 12.6 Å². The average molecular weight is 324 g/mol. The Bertz CT molecular complexity index is 211. The summed E-state index contributed by atoms with van der Waals surface area (Å²) in [7, 11) is 0. The average Bonchev–Trinajstić information content (AvgIpc) is 2.43. The molecule has 4 heteroatoms. The zero-order valence-electron chi connectivity index (χ0n) is 14.7. The molecule has 0 aliphatic rings. The van der Waals surface area contributed by atoms with Gasteiger partial charge in [-0.1, -0.05) is 78.1 Å². The van der Waals surface area contributed by atoms with Crippen molar-refractivity contribution in [3.8, 4) is 0 Å². The molecule has 0 fully saturated rings. The molecule has 0 rings (SSSR count). The predicted octanol–water partition coefficient (Wildman–Crippen LogP) is 2.68. The van der Waals surface area contributed by atoms with Gasteiger partial charge in [-0.25, -0.2) is 0 Å².